The fourth-order valence-electron chi connectivity index (χ4n) is 3.09. The highest BCUT2D eigenvalue weighted by Gasteiger charge is 2.37. The maximum atomic E-state index is 13.5. The summed E-state index contributed by atoms with van der Waals surface area (Å²) in [5, 5.41) is 17.0. The number of aromatic nitrogens is 3. The van der Waals surface area contributed by atoms with Gasteiger partial charge in [-0.15, -0.1) is 0 Å². The minimum absolute atomic E-state index is 0.0835. The Morgan fingerprint density at radius 2 is 1.97 bits per heavy atom. The molecule has 1 aliphatic rings. The number of anilines is 1. The van der Waals surface area contributed by atoms with Crippen molar-refractivity contribution < 1.29 is 36.4 Å². The van der Waals surface area contributed by atoms with Crippen molar-refractivity contribution in [2.75, 3.05) is 11.9 Å². The molecule has 0 spiro atoms. The Labute approximate surface area is 181 Å². The van der Waals surface area contributed by atoms with E-state index < -0.39 is 47.1 Å². The summed E-state index contributed by atoms with van der Waals surface area (Å²) >= 11 is 0. The van der Waals surface area contributed by atoms with Crippen LogP contribution in [0.4, 0.5) is 33.3 Å². The smallest absolute Gasteiger partial charge is 0.433 e. The summed E-state index contributed by atoms with van der Waals surface area (Å²) in [5.74, 6) is -1.37. The third-order valence-electron chi connectivity index (χ3n) is 4.70. The van der Waals surface area contributed by atoms with Gasteiger partial charge in [-0.25, -0.2) is 18.3 Å². The molecular weight excluding hydrogens is 457 g/mol. The van der Waals surface area contributed by atoms with Crippen LogP contribution >= 0.6 is 0 Å². The molecule has 1 aromatic carbocycles. The van der Waals surface area contributed by atoms with Crippen molar-refractivity contribution in [2.45, 2.75) is 31.4 Å². The Kier molecular flexibility index (Phi) is 5.59. The molecular formula is C19H14F5N5O4. The third-order valence-corrected chi connectivity index (χ3v) is 4.70. The number of benzene rings is 1. The molecule has 33 heavy (non-hydrogen) atoms. The average molecular weight is 471 g/mol. The van der Waals surface area contributed by atoms with Gasteiger partial charge < -0.3 is 10.1 Å². The standard InChI is InChI=1S/C19H14F5N5O4/c20-16(21)8-33-12-4-10(3-11(5-12)29(31)32)25-18(30)14-7-17-26-13(9-1-2-9)6-15(19(22,23)24)28(17)27-14/h3-7,9,16H,1-2,8H2,(H,25,30). The second-order valence-electron chi connectivity index (χ2n) is 7.27. The SMILES string of the molecule is O=C(Nc1cc(OCC(F)F)cc([N+](=O)[O-])c1)c1cc2nc(C3CC3)cc(C(F)(F)F)n2n1. The van der Waals surface area contributed by atoms with Crippen molar-refractivity contribution in [1.29, 1.82) is 0 Å². The Morgan fingerprint density at radius 3 is 2.58 bits per heavy atom. The topological polar surface area (TPSA) is 112 Å². The maximum Gasteiger partial charge on any atom is 0.433 e. The first-order chi connectivity index (χ1) is 15.5. The molecule has 1 saturated carbocycles. The molecule has 9 nitrogen and oxygen atoms in total. The minimum Gasteiger partial charge on any atom is -0.487 e. The molecule has 3 aromatic rings. The zero-order valence-electron chi connectivity index (χ0n) is 16.5. The number of carbonyl (C=O) groups is 1. The fourth-order valence-corrected chi connectivity index (χ4v) is 3.09. The van der Waals surface area contributed by atoms with E-state index in [0.29, 0.717) is 17.4 Å². The number of nitro benzene ring substituents is 1. The number of hydrogen-bond acceptors (Lipinski definition) is 6. The van der Waals surface area contributed by atoms with Crippen LogP contribution in [-0.4, -0.2) is 38.5 Å². The number of hydrogen-bond donors (Lipinski definition) is 1. The predicted octanol–water partition coefficient (Wildman–Crippen LogP) is 4.43. The van der Waals surface area contributed by atoms with Crippen molar-refractivity contribution in [3.8, 4) is 5.75 Å². The highest BCUT2D eigenvalue weighted by molar-refractivity contribution is 6.03. The number of nitrogens with one attached hydrogen (secondary N) is 1. The quantitative estimate of drug-likeness (QED) is 0.310. The molecule has 4 rings (SSSR count). The van der Waals surface area contributed by atoms with Gasteiger partial charge in [0, 0.05) is 29.8 Å². The van der Waals surface area contributed by atoms with Crippen LogP contribution in [0.1, 0.15) is 40.6 Å². The molecule has 2 heterocycles. The lowest BCUT2D eigenvalue weighted by Crippen LogP contribution is -2.16. The van der Waals surface area contributed by atoms with Gasteiger partial charge in [-0.05, 0) is 18.9 Å². The van der Waals surface area contributed by atoms with Crippen molar-refractivity contribution in [3.63, 3.8) is 0 Å². The van der Waals surface area contributed by atoms with Crippen LogP contribution in [-0.2, 0) is 6.18 Å². The van der Waals surface area contributed by atoms with Crippen molar-refractivity contribution in [1.82, 2.24) is 14.6 Å². The molecule has 1 N–H and O–H groups in total. The van der Waals surface area contributed by atoms with E-state index in [9.17, 15) is 36.9 Å². The second-order valence-corrected chi connectivity index (χ2v) is 7.27. The van der Waals surface area contributed by atoms with E-state index in [0.717, 1.165) is 30.3 Å². The maximum absolute atomic E-state index is 13.5. The van der Waals surface area contributed by atoms with Crippen LogP contribution in [0.25, 0.3) is 5.65 Å². The molecule has 1 aliphatic carbocycles. The first-order valence-corrected chi connectivity index (χ1v) is 9.51. The molecule has 2 aromatic heterocycles. The van der Waals surface area contributed by atoms with E-state index >= 15 is 0 Å². The van der Waals surface area contributed by atoms with Gasteiger partial charge in [0.05, 0.1) is 16.7 Å². The third kappa shape index (κ3) is 4.99. The first kappa shape index (κ1) is 22.4. The summed E-state index contributed by atoms with van der Waals surface area (Å²) in [5.41, 5.74) is -2.20. The summed E-state index contributed by atoms with van der Waals surface area (Å²) in [7, 11) is 0. The number of rotatable bonds is 7. The number of alkyl halides is 5. The minimum atomic E-state index is -4.75. The summed E-state index contributed by atoms with van der Waals surface area (Å²) < 4.78 is 70.6. The van der Waals surface area contributed by atoms with Gasteiger partial charge in [0.2, 0.25) is 0 Å². The summed E-state index contributed by atoms with van der Waals surface area (Å²) in [6.07, 6.45) is -6.16. The number of fused-ring (bicyclic) bond motifs is 1. The van der Waals surface area contributed by atoms with Gasteiger partial charge in [0.25, 0.3) is 18.0 Å². The molecule has 0 radical (unpaired) electrons. The van der Waals surface area contributed by atoms with Gasteiger partial charge >= 0.3 is 6.18 Å². The lowest BCUT2D eigenvalue weighted by atomic mass is 10.2. The Morgan fingerprint density at radius 1 is 1.24 bits per heavy atom. The fraction of sp³-hybridized carbons (Fsp3) is 0.316. The lowest BCUT2D eigenvalue weighted by Gasteiger charge is -2.10. The number of non-ortho nitro benzene ring substituents is 1. The van der Waals surface area contributed by atoms with Crippen LogP contribution < -0.4 is 10.1 Å². The zero-order valence-corrected chi connectivity index (χ0v) is 16.5. The highest BCUT2D eigenvalue weighted by Crippen LogP contribution is 2.41. The van der Waals surface area contributed by atoms with Crippen LogP contribution in [0.15, 0.2) is 30.3 Å². The van der Waals surface area contributed by atoms with Gasteiger partial charge in [-0.3, -0.25) is 14.9 Å². The second kappa shape index (κ2) is 8.26. The average Bonchev–Trinajstić information content (AvgIpc) is 3.49. The molecule has 1 amide bonds. The summed E-state index contributed by atoms with van der Waals surface area (Å²) in [6.45, 7) is -1.03. The van der Waals surface area contributed by atoms with Gasteiger partial charge in [0.15, 0.2) is 11.3 Å². The molecule has 0 saturated heterocycles. The van der Waals surface area contributed by atoms with E-state index in [2.05, 4.69) is 15.4 Å². The van der Waals surface area contributed by atoms with E-state index in [4.69, 9.17) is 4.74 Å². The number of ether oxygens (including phenoxy) is 1. The summed E-state index contributed by atoms with van der Waals surface area (Å²) in [6, 6.07) is 4.84. The molecule has 0 aliphatic heterocycles. The van der Waals surface area contributed by atoms with E-state index in [1.54, 1.807) is 0 Å². The monoisotopic (exact) mass is 471 g/mol. The van der Waals surface area contributed by atoms with E-state index in [1.807, 2.05) is 0 Å². The molecule has 0 atom stereocenters. The predicted molar refractivity (Wildman–Crippen MR) is 103 cm³/mol. The Bertz CT molecular complexity index is 1240. The lowest BCUT2D eigenvalue weighted by molar-refractivity contribution is -0.384. The van der Waals surface area contributed by atoms with Crippen LogP contribution in [0.5, 0.6) is 5.75 Å². The number of amides is 1. The normalized spacial score (nSPS) is 14.0. The van der Waals surface area contributed by atoms with Crippen LogP contribution in [0.3, 0.4) is 0 Å². The largest absolute Gasteiger partial charge is 0.487 e. The molecule has 0 unspecified atom stereocenters. The Balaban J connectivity index is 1.66. The molecule has 0 bridgehead atoms. The number of nitrogens with zero attached hydrogens (tertiary/aromatic N) is 4. The van der Waals surface area contributed by atoms with Crippen molar-refractivity contribution >= 4 is 22.9 Å². The highest BCUT2D eigenvalue weighted by atomic mass is 19.4. The molecule has 14 heteroatoms. The van der Waals surface area contributed by atoms with E-state index in [-0.39, 0.29) is 28.7 Å². The van der Waals surface area contributed by atoms with Gasteiger partial charge in [-0.1, -0.05) is 0 Å². The molecule has 174 valence electrons. The van der Waals surface area contributed by atoms with Crippen LogP contribution in [0.2, 0.25) is 0 Å². The summed E-state index contributed by atoms with van der Waals surface area (Å²) in [4.78, 5) is 27.0. The van der Waals surface area contributed by atoms with Crippen molar-refractivity contribution in [3.05, 3.63) is 57.5 Å². The number of carbonyl (C=O) groups excluding carboxylic acids is 1. The van der Waals surface area contributed by atoms with E-state index in [1.165, 1.54) is 0 Å². The van der Waals surface area contributed by atoms with Crippen LogP contribution in [0, 0.1) is 10.1 Å². The Hall–Kier alpha value is -3.84. The van der Waals surface area contributed by atoms with Gasteiger partial charge in [0.1, 0.15) is 18.1 Å². The zero-order chi connectivity index (χ0) is 23.9. The van der Waals surface area contributed by atoms with Crippen molar-refractivity contribution in [2.24, 2.45) is 0 Å². The first-order valence-electron chi connectivity index (χ1n) is 9.51. The van der Waals surface area contributed by atoms with Gasteiger partial charge in [-0.2, -0.15) is 18.3 Å². The number of halogens is 5. The molecule has 1 fully saturated rings. The number of nitro groups is 1.